The smallest absolute Gasteiger partial charge is 0.255 e. The van der Waals surface area contributed by atoms with E-state index in [1.54, 1.807) is 37.3 Å². The van der Waals surface area contributed by atoms with Gasteiger partial charge in [-0.3, -0.25) is 9.59 Å². The van der Waals surface area contributed by atoms with Gasteiger partial charge in [0.15, 0.2) is 11.5 Å². The highest BCUT2D eigenvalue weighted by Crippen LogP contribution is 2.32. The molecule has 0 saturated heterocycles. The van der Waals surface area contributed by atoms with Gasteiger partial charge in [-0.15, -0.1) is 0 Å². The molecule has 8 heteroatoms. The first-order valence-corrected chi connectivity index (χ1v) is 9.04. The van der Waals surface area contributed by atoms with Crippen molar-refractivity contribution in [3.8, 4) is 11.5 Å². The topological polar surface area (TPSA) is 89.8 Å². The van der Waals surface area contributed by atoms with Crippen LogP contribution in [0.5, 0.6) is 11.5 Å². The highest BCUT2D eigenvalue weighted by Gasteiger charge is 2.17. The van der Waals surface area contributed by atoms with Gasteiger partial charge < -0.3 is 24.5 Å². The summed E-state index contributed by atoms with van der Waals surface area (Å²) in [4.78, 5) is 24.6. The minimum absolute atomic E-state index is 0.0660. The van der Waals surface area contributed by atoms with Crippen LogP contribution in [0.2, 0.25) is 0 Å². The van der Waals surface area contributed by atoms with E-state index in [1.807, 2.05) is 0 Å². The van der Waals surface area contributed by atoms with Crippen molar-refractivity contribution < 1.29 is 27.9 Å². The van der Waals surface area contributed by atoms with Crippen LogP contribution in [-0.2, 0) is 4.79 Å². The third kappa shape index (κ3) is 4.33. The van der Waals surface area contributed by atoms with Crippen molar-refractivity contribution in [1.82, 2.24) is 0 Å². The average molecular weight is 408 g/mol. The molecule has 0 bridgehead atoms. The number of fused-ring (bicyclic) bond motifs is 1. The molecular weight excluding hydrogens is 391 g/mol. The highest BCUT2D eigenvalue weighted by molar-refractivity contribution is 6.06. The van der Waals surface area contributed by atoms with E-state index in [4.69, 9.17) is 13.9 Å². The molecule has 0 spiro atoms. The van der Waals surface area contributed by atoms with E-state index in [2.05, 4.69) is 10.6 Å². The van der Waals surface area contributed by atoms with E-state index in [0.717, 1.165) is 6.07 Å². The molecule has 2 N–H and O–H groups in total. The maximum Gasteiger partial charge on any atom is 0.255 e. The zero-order valence-corrected chi connectivity index (χ0v) is 15.9. The molecule has 2 amide bonds. The number of amides is 2. The molecule has 0 atom stereocenters. The predicted octanol–water partition coefficient (Wildman–Crippen LogP) is 4.36. The Morgan fingerprint density at radius 1 is 1.00 bits per heavy atom. The largest absolute Gasteiger partial charge is 0.462 e. The number of carbonyl (C=O) groups excluding carboxylic acids is 2. The molecule has 30 heavy (non-hydrogen) atoms. The Morgan fingerprint density at radius 3 is 2.63 bits per heavy atom. The van der Waals surface area contributed by atoms with Crippen LogP contribution in [0.1, 0.15) is 21.9 Å². The van der Waals surface area contributed by atoms with Crippen molar-refractivity contribution in [3.05, 3.63) is 77.5 Å². The van der Waals surface area contributed by atoms with Gasteiger partial charge in [0, 0.05) is 17.3 Å². The van der Waals surface area contributed by atoms with Crippen LogP contribution >= 0.6 is 0 Å². The van der Waals surface area contributed by atoms with Gasteiger partial charge in [0.1, 0.15) is 17.3 Å². The van der Waals surface area contributed by atoms with Crippen LogP contribution in [0, 0.1) is 12.7 Å². The Kier molecular flexibility index (Phi) is 5.21. The Labute approximate surface area is 171 Å². The van der Waals surface area contributed by atoms with Crippen LogP contribution in [0.4, 0.5) is 15.8 Å². The van der Waals surface area contributed by atoms with Crippen LogP contribution in [0.25, 0.3) is 6.08 Å². The second-order valence-corrected chi connectivity index (χ2v) is 6.49. The van der Waals surface area contributed by atoms with Gasteiger partial charge in [0.05, 0.1) is 5.69 Å². The SMILES string of the molecule is Cc1ccc(/C=C/C(=O)Nc2cc(NC(=O)c3ccc4c(c3)OCO4)ccc2F)o1. The van der Waals surface area contributed by atoms with Crippen LogP contribution in [0.15, 0.2) is 59.0 Å². The van der Waals surface area contributed by atoms with Crippen molar-refractivity contribution in [2.24, 2.45) is 0 Å². The number of halogens is 1. The maximum absolute atomic E-state index is 14.1. The zero-order valence-electron chi connectivity index (χ0n) is 15.9. The predicted molar refractivity (Wildman–Crippen MR) is 108 cm³/mol. The van der Waals surface area contributed by atoms with Gasteiger partial charge in [0.2, 0.25) is 12.7 Å². The van der Waals surface area contributed by atoms with Gasteiger partial charge in [-0.25, -0.2) is 4.39 Å². The molecule has 1 aliphatic heterocycles. The third-order valence-corrected chi connectivity index (χ3v) is 4.28. The summed E-state index contributed by atoms with van der Waals surface area (Å²) >= 11 is 0. The summed E-state index contributed by atoms with van der Waals surface area (Å²) in [6.07, 6.45) is 2.71. The molecule has 152 valence electrons. The fourth-order valence-corrected chi connectivity index (χ4v) is 2.82. The molecule has 0 saturated carbocycles. The fourth-order valence-electron chi connectivity index (χ4n) is 2.82. The Balaban J connectivity index is 1.44. The summed E-state index contributed by atoms with van der Waals surface area (Å²) in [5, 5.41) is 5.11. The monoisotopic (exact) mass is 408 g/mol. The molecule has 7 nitrogen and oxygen atoms in total. The lowest BCUT2D eigenvalue weighted by Gasteiger charge is -2.09. The Hall–Kier alpha value is -4.07. The fraction of sp³-hybridized carbons (Fsp3) is 0.0909. The van der Waals surface area contributed by atoms with E-state index >= 15 is 0 Å². The molecule has 2 aromatic carbocycles. The minimum atomic E-state index is -0.633. The quantitative estimate of drug-likeness (QED) is 0.613. The lowest BCUT2D eigenvalue weighted by molar-refractivity contribution is -0.111. The maximum atomic E-state index is 14.1. The van der Waals surface area contributed by atoms with Crippen LogP contribution in [0.3, 0.4) is 0 Å². The van der Waals surface area contributed by atoms with Crippen molar-refractivity contribution >= 4 is 29.3 Å². The van der Waals surface area contributed by atoms with Gasteiger partial charge in [0.25, 0.3) is 5.91 Å². The van der Waals surface area contributed by atoms with Crippen LogP contribution < -0.4 is 20.1 Å². The minimum Gasteiger partial charge on any atom is -0.462 e. The zero-order chi connectivity index (χ0) is 21.1. The summed E-state index contributed by atoms with van der Waals surface area (Å²) in [6.45, 7) is 1.89. The number of anilines is 2. The van der Waals surface area contributed by atoms with Gasteiger partial charge in [-0.1, -0.05) is 0 Å². The molecule has 4 rings (SSSR count). The highest BCUT2D eigenvalue weighted by atomic mass is 19.1. The second kappa shape index (κ2) is 8.12. The lowest BCUT2D eigenvalue weighted by Crippen LogP contribution is -2.13. The number of benzene rings is 2. The number of hydrogen-bond donors (Lipinski definition) is 2. The second-order valence-electron chi connectivity index (χ2n) is 6.49. The first kappa shape index (κ1) is 19.3. The summed E-state index contributed by atoms with van der Waals surface area (Å²) in [6, 6.07) is 12.2. The van der Waals surface area contributed by atoms with Crippen molar-refractivity contribution in [1.29, 1.82) is 0 Å². The van der Waals surface area contributed by atoms with E-state index in [0.29, 0.717) is 34.3 Å². The lowest BCUT2D eigenvalue weighted by atomic mass is 10.1. The van der Waals surface area contributed by atoms with Crippen molar-refractivity contribution in [2.45, 2.75) is 6.92 Å². The van der Waals surface area contributed by atoms with Gasteiger partial charge in [-0.05, 0) is 61.5 Å². The molecule has 1 aliphatic rings. The van der Waals surface area contributed by atoms with Gasteiger partial charge in [-0.2, -0.15) is 0 Å². The Morgan fingerprint density at radius 2 is 1.83 bits per heavy atom. The van der Waals surface area contributed by atoms with Crippen LogP contribution in [-0.4, -0.2) is 18.6 Å². The first-order valence-electron chi connectivity index (χ1n) is 9.04. The number of nitrogens with one attached hydrogen (secondary N) is 2. The summed E-state index contributed by atoms with van der Waals surface area (Å²) in [5.41, 5.74) is 0.606. The van der Waals surface area contributed by atoms with E-state index in [-0.39, 0.29) is 12.5 Å². The van der Waals surface area contributed by atoms with E-state index in [9.17, 15) is 14.0 Å². The Bertz CT molecular complexity index is 1150. The molecule has 2 heterocycles. The molecule has 0 unspecified atom stereocenters. The number of rotatable bonds is 5. The van der Waals surface area contributed by atoms with E-state index in [1.165, 1.54) is 24.3 Å². The molecule has 3 aromatic rings. The van der Waals surface area contributed by atoms with Crippen molar-refractivity contribution in [3.63, 3.8) is 0 Å². The standard InChI is InChI=1S/C22H17FN2O5/c1-13-2-5-16(30-13)6-9-21(26)25-18-11-15(4-7-17(18)23)24-22(27)14-3-8-19-20(10-14)29-12-28-19/h2-11H,12H2,1H3,(H,24,27)(H,25,26)/b9-6+. The van der Waals surface area contributed by atoms with E-state index < -0.39 is 17.6 Å². The van der Waals surface area contributed by atoms with Gasteiger partial charge >= 0.3 is 0 Å². The summed E-state index contributed by atoms with van der Waals surface area (Å²) in [7, 11) is 0. The number of carbonyl (C=O) groups is 2. The van der Waals surface area contributed by atoms with Crippen molar-refractivity contribution in [2.75, 3.05) is 17.4 Å². The molecule has 1 aromatic heterocycles. The number of ether oxygens (including phenoxy) is 2. The molecule has 0 radical (unpaired) electrons. The average Bonchev–Trinajstić information content (AvgIpc) is 3.37. The molecular formula is C22H17FN2O5. The first-order chi connectivity index (χ1) is 14.5. The normalized spacial score (nSPS) is 12.2. The molecule has 0 aliphatic carbocycles. The number of furan rings is 1. The third-order valence-electron chi connectivity index (χ3n) is 4.28. The number of hydrogen-bond acceptors (Lipinski definition) is 5. The molecule has 0 fully saturated rings. The number of aryl methyl sites for hydroxylation is 1. The summed E-state index contributed by atoms with van der Waals surface area (Å²) in [5.74, 6) is 0.684. The summed E-state index contributed by atoms with van der Waals surface area (Å²) < 4.78 is 29.9.